The summed E-state index contributed by atoms with van der Waals surface area (Å²) in [6, 6.07) is 37.6. The Hall–Kier alpha value is -4.77. The molecule has 0 fully saturated rings. The summed E-state index contributed by atoms with van der Waals surface area (Å²) in [6.07, 6.45) is 0. The summed E-state index contributed by atoms with van der Waals surface area (Å²) in [4.78, 5) is 10.7. The molecule has 0 aliphatic rings. The summed E-state index contributed by atoms with van der Waals surface area (Å²) in [5.41, 5.74) is 4.66. The Kier molecular flexibility index (Phi) is 4.66. The number of fused-ring (bicyclic) bond motifs is 2. The lowest BCUT2D eigenvalue weighted by Crippen LogP contribution is -2.00. The van der Waals surface area contributed by atoms with Crippen LogP contribution in [0.1, 0.15) is 0 Å². The SMILES string of the molecule is O=[N+]([O-])c1ccc(-c2cc(-c3c4ccccc4cc4ccccc34)n(-c3ccccc3)n2)cc1. The van der Waals surface area contributed by atoms with Gasteiger partial charge in [0.05, 0.1) is 22.0 Å². The second-order valence-electron chi connectivity index (χ2n) is 8.16. The molecule has 0 saturated carbocycles. The molecule has 162 valence electrons. The summed E-state index contributed by atoms with van der Waals surface area (Å²) in [6.45, 7) is 0. The van der Waals surface area contributed by atoms with Crippen molar-refractivity contribution in [1.82, 2.24) is 9.78 Å². The third kappa shape index (κ3) is 3.31. The van der Waals surface area contributed by atoms with Crippen molar-refractivity contribution >= 4 is 27.2 Å². The van der Waals surface area contributed by atoms with Gasteiger partial charge in [-0.25, -0.2) is 4.68 Å². The minimum Gasteiger partial charge on any atom is -0.258 e. The van der Waals surface area contributed by atoms with Crippen molar-refractivity contribution in [1.29, 1.82) is 0 Å². The molecule has 0 radical (unpaired) electrons. The summed E-state index contributed by atoms with van der Waals surface area (Å²) >= 11 is 0. The van der Waals surface area contributed by atoms with Gasteiger partial charge >= 0.3 is 0 Å². The van der Waals surface area contributed by atoms with Crippen molar-refractivity contribution in [3.05, 3.63) is 125 Å². The van der Waals surface area contributed by atoms with Gasteiger partial charge in [-0.15, -0.1) is 0 Å². The second-order valence-corrected chi connectivity index (χ2v) is 8.16. The number of rotatable bonds is 4. The molecule has 0 N–H and O–H groups in total. The molecule has 0 spiro atoms. The number of nitro groups is 1. The lowest BCUT2D eigenvalue weighted by atomic mass is 9.94. The third-order valence-corrected chi connectivity index (χ3v) is 6.11. The van der Waals surface area contributed by atoms with Gasteiger partial charge in [0.25, 0.3) is 5.69 Å². The van der Waals surface area contributed by atoms with Gasteiger partial charge < -0.3 is 0 Å². The fourth-order valence-corrected chi connectivity index (χ4v) is 4.51. The number of aromatic nitrogens is 2. The van der Waals surface area contributed by atoms with E-state index in [4.69, 9.17) is 5.10 Å². The van der Waals surface area contributed by atoms with Crippen LogP contribution in [0.25, 0.3) is 49.7 Å². The maximum atomic E-state index is 11.1. The quantitative estimate of drug-likeness (QED) is 0.162. The molecule has 5 nitrogen and oxygen atoms in total. The van der Waals surface area contributed by atoms with Gasteiger partial charge in [-0.2, -0.15) is 5.10 Å². The predicted molar refractivity (Wildman–Crippen MR) is 136 cm³/mol. The number of hydrogen-bond acceptors (Lipinski definition) is 3. The lowest BCUT2D eigenvalue weighted by molar-refractivity contribution is -0.384. The molecule has 0 unspecified atom stereocenters. The molecule has 5 aromatic carbocycles. The van der Waals surface area contributed by atoms with Crippen molar-refractivity contribution in [3.63, 3.8) is 0 Å². The first-order valence-electron chi connectivity index (χ1n) is 11.0. The summed E-state index contributed by atoms with van der Waals surface area (Å²) in [5, 5.41) is 20.7. The van der Waals surface area contributed by atoms with Crippen LogP contribution in [0.15, 0.2) is 115 Å². The van der Waals surface area contributed by atoms with Gasteiger partial charge in [0.2, 0.25) is 0 Å². The first-order valence-corrected chi connectivity index (χ1v) is 11.0. The van der Waals surface area contributed by atoms with E-state index in [-0.39, 0.29) is 10.6 Å². The Morgan fingerprint density at radius 3 is 1.88 bits per heavy atom. The normalized spacial score (nSPS) is 11.2. The average molecular weight is 441 g/mol. The Balaban J connectivity index is 1.67. The van der Waals surface area contributed by atoms with Gasteiger partial charge in [-0.3, -0.25) is 10.1 Å². The molecular weight excluding hydrogens is 422 g/mol. The van der Waals surface area contributed by atoms with E-state index in [0.29, 0.717) is 0 Å². The largest absolute Gasteiger partial charge is 0.269 e. The van der Waals surface area contributed by atoms with Crippen LogP contribution in [0.4, 0.5) is 5.69 Å². The van der Waals surface area contributed by atoms with Crippen LogP contribution in [0, 0.1) is 10.1 Å². The fourth-order valence-electron chi connectivity index (χ4n) is 4.51. The molecule has 0 atom stereocenters. The van der Waals surface area contributed by atoms with E-state index in [1.165, 1.54) is 12.1 Å². The summed E-state index contributed by atoms with van der Waals surface area (Å²) < 4.78 is 1.96. The third-order valence-electron chi connectivity index (χ3n) is 6.11. The molecule has 6 aromatic rings. The van der Waals surface area contributed by atoms with Crippen LogP contribution >= 0.6 is 0 Å². The van der Waals surface area contributed by atoms with Gasteiger partial charge in [0, 0.05) is 23.3 Å². The van der Waals surface area contributed by atoms with E-state index in [2.05, 4.69) is 60.7 Å². The highest BCUT2D eigenvalue weighted by Crippen LogP contribution is 2.39. The van der Waals surface area contributed by atoms with Crippen LogP contribution in [0.2, 0.25) is 0 Å². The molecular formula is C29H19N3O2. The zero-order chi connectivity index (χ0) is 23.1. The zero-order valence-corrected chi connectivity index (χ0v) is 18.1. The van der Waals surface area contributed by atoms with Crippen LogP contribution in [-0.4, -0.2) is 14.7 Å². The molecule has 5 heteroatoms. The Labute approximate surface area is 195 Å². The van der Waals surface area contributed by atoms with Gasteiger partial charge in [0.1, 0.15) is 0 Å². The van der Waals surface area contributed by atoms with E-state index in [1.807, 2.05) is 35.0 Å². The number of nitrogens with zero attached hydrogens (tertiary/aromatic N) is 3. The first kappa shape index (κ1) is 19.9. The van der Waals surface area contributed by atoms with Crippen LogP contribution in [0.3, 0.4) is 0 Å². The highest BCUT2D eigenvalue weighted by atomic mass is 16.6. The molecule has 1 aromatic heterocycles. The molecule has 0 bridgehead atoms. The standard InChI is InChI=1S/C29H19N3O2/c33-32(34)24-16-14-20(15-17-24)27-19-28(31(30-27)23-10-2-1-3-11-23)29-25-12-6-4-8-21(25)18-22-9-5-7-13-26(22)29/h1-19H. The van der Waals surface area contributed by atoms with E-state index in [1.54, 1.807) is 12.1 Å². The minimum absolute atomic E-state index is 0.0616. The molecule has 0 aliphatic carbocycles. The van der Waals surface area contributed by atoms with Crippen LogP contribution in [0.5, 0.6) is 0 Å². The van der Waals surface area contributed by atoms with Crippen molar-refractivity contribution in [2.45, 2.75) is 0 Å². The van der Waals surface area contributed by atoms with E-state index >= 15 is 0 Å². The van der Waals surface area contributed by atoms with Crippen molar-refractivity contribution in [3.8, 4) is 28.2 Å². The number of non-ortho nitro benzene ring substituents is 1. The molecule has 0 amide bonds. The second kappa shape index (κ2) is 7.98. The van der Waals surface area contributed by atoms with Gasteiger partial charge in [0.15, 0.2) is 0 Å². The monoisotopic (exact) mass is 441 g/mol. The Bertz CT molecular complexity index is 1620. The molecule has 34 heavy (non-hydrogen) atoms. The predicted octanol–water partition coefficient (Wildman–Crippen LogP) is 7.42. The smallest absolute Gasteiger partial charge is 0.258 e. The molecule has 0 saturated heterocycles. The molecule has 1 heterocycles. The van der Waals surface area contributed by atoms with Gasteiger partial charge in [-0.1, -0.05) is 66.7 Å². The zero-order valence-electron chi connectivity index (χ0n) is 18.1. The number of benzene rings is 5. The topological polar surface area (TPSA) is 61.0 Å². The molecule has 6 rings (SSSR count). The number of nitro benzene ring substituents is 1. The average Bonchev–Trinajstić information content (AvgIpc) is 3.33. The Morgan fingerprint density at radius 2 is 1.26 bits per heavy atom. The minimum atomic E-state index is -0.389. The highest BCUT2D eigenvalue weighted by molar-refractivity contribution is 6.12. The van der Waals surface area contributed by atoms with Crippen LogP contribution < -0.4 is 0 Å². The maximum absolute atomic E-state index is 11.1. The Morgan fingerprint density at radius 1 is 0.676 bits per heavy atom. The first-order chi connectivity index (χ1) is 16.7. The number of hydrogen-bond donors (Lipinski definition) is 0. The highest BCUT2D eigenvalue weighted by Gasteiger charge is 2.18. The summed E-state index contributed by atoms with van der Waals surface area (Å²) in [5.74, 6) is 0. The van der Waals surface area contributed by atoms with Crippen molar-refractivity contribution in [2.75, 3.05) is 0 Å². The molecule has 0 aliphatic heterocycles. The van der Waals surface area contributed by atoms with E-state index < -0.39 is 0 Å². The fraction of sp³-hybridized carbons (Fsp3) is 0. The van der Waals surface area contributed by atoms with Gasteiger partial charge in [-0.05, 0) is 57.9 Å². The van der Waals surface area contributed by atoms with Crippen LogP contribution in [-0.2, 0) is 0 Å². The van der Waals surface area contributed by atoms with E-state index in [9.17, 15) is 10.1 Å². The van der Waals surface area contributed by atoms with E-state index in [0.717, 1.165) is 49.7 Å². The maximum Gasteiger partial charge on any atom is 0.269 e. The van der Waals surface area contributed by atoms with Crippen molar-refractivity contribution < 1.29 is 4.92 Å². The lowest BCUT2D eigenvalue weighted by Gasteiger charge is -2.13. The number of para-hydroxylation sites is 1. The summed E-state index contributed by atoms with van der Waals surface area (Å²) in [7, 11) is 0. The van der Waals surface area contributed by atoms with Crippen molar-refractivity contribution in [2.24, 2.45) is 0 Å².